The van der Waals surface area contributed by atoms with Crippen LogP contribution in [0.2, 0.25) is 0 Å². The quantitative estimate of drug-likeness (QED) is 0.726. The van der Waals surface area contributed by atoms with Crippen molar-refractivity contribution in [2.45, 2.75) is 43.4 Å². The first-order valence-electron chi connectivity index (χ1n) is 11.4. The molecule has 32 heavy (non-hydrogen) atoms. The Morgan fingerprint density at radius 2 is 1.50 bits per heavy atom. The summed E-state index contributed by atoms with van der Waals surface area (Å²) in [6.45, 7) is 2.36. The number of carbonyl (C=O) groups excluding carboxylic acids is 1. The highest BCUT2D eigenvalue weighted by atomic mass is 32.2. The number of hydrogen-bond donors (Lipinski definition) is 1. The van der Waals surface area contributed by atoms with Crippen molar-refractivity contribution in [3.8, 4) is 0 Å². The zero-order chi connectivity index (χ0) is 22.6. The van der Waals surface area contributed by atoms with E-state index in [0.29, 0.717) is 50.4 Å². The van der Waals surface area contributed by atoms with E-state index in [0.717, 1.165) is 25.7 Å². The van der Waals surface area contributed by atoms with Gasteiger partial charge < -0.3 is 10.2 Å². The van der Waals surface area contributed by atoms with Gasteiger partial charge in [0.1, 0.15) is 5.82 Å². The van der Waals surface area contributed by atoms with Gasteiger partial charge in [-0.15, -0.1) is 0 Å². The molecule has 2 aliphatic heterocycles. The fourth-order valence-electron chi connectivity index (χ4n) is 4.48. The lowest BCUT2D eigenvalue weighted by Crippen LogP contribution is -2.38. The van der Waals surface area contributed by atoms with Gasteiger partial charge in [0.05, 0.1) is 10.6 Å². The second-order valence-electron chi connectivity index (χ2n) is 8.54. The van der Waals surface area contributed by atoms with E-state index >= 15 is 0 Å². The van der Waals surface area contributed by atoms with Crippen molar-refractivity contribution in [3.63, 3.8) is 0 Å². The average Bonchev–Trinajstić information content (AvgIpc) is 3.10. The summed E-state index contributed by atoms with van der Waals surface area (Å²) in [5, 5.41) is 2.91. The molecule has 2 heterocycles. The molecule has 0 saturated carbocycles. The van der Waals surface area contributed by atoms with Gasteiger partial charge >= 0.3 is 0 Å². The number of nitrogens with zero attached hydrogens (tertiary/aromatic N) is 2. The summed E-state index contributed by atoms with van der Waals surface area (Å²) < 4.78 is 41.4. The van der Waals surface area contributed by atoms with Crippen LogP contribution in [0.3, 0.4) is 0 Å². The van der Waals surface area contributed by atoms with Crippen LogP contribution in [0.15, 0.2) is 53.4 Å². The van der Waals surface area contributed by atoms with Crippen molar-refractivity contribution in [1.82, 2.24) is 4.31 Å². The van der Waals surface area contributed by atoms with Crippen LogP contribution in [-0.4, -0.2) is 44.8 Å². The van der Waals surface area contributed by atoms with E-state index < -0.39 is 10.0 Å². The minimum atomic E-state index is -3.50. The highest BCUT2D eigenvalue weighted by Crippen LogP contribution is 2.27. The number of hydrogen-bond acceptors (Lipinski definition) is 4. The fraction of sp³-hybridized carbons (Fsp3) is 0.458. The SMILES string of the molecule is O=C(Nc1ccc(S(=O)(=O)N2CCCCCC2)cc1)C1CCN(c2ccccc2F)CC1. The maximum Gasteiger partial charge on any atom is 0.243 e. The summed E-state index contributed by atoms with van der Waals surface area (Å²) in [6, 6.07) is 13.1. The van der Waals surface area contributed by atoms with E-state index in [1.165, 1.54) is 6.07 Å². The third-order valence-corrected chi connectivity index (χ3v) is 8.30. The first-order valence-corrected chi connectivity index (χ1v) is 12.8. The third kappa shape index (κ3) is 5.13. The van der Waals surface area contributed by atoms with Gasteiger partial charge in [0.2, 0.25) is 15.9 Å². The first kappa shape index (κ1) is 22.7. The Hall–Kier alpha value is -2.45. The van der Waals surface area contributed by atoms with E-state index in [4.69, 9.17) is 0 Å². The Labute approximate surface area is 189 Å². The van der Waals surface area contributed by atoms with Crippen molar-refractivity contribution in [2.24, 2.45) is 5.92 Å². The normalized spacial score (nSPS) is 18.8. The van der Waals surface area contributed by atoms with Gasteiger partial charge in [-0.3, -0.25) is 4.79 Å². The molecule has 2 aromatic carbocycles. The lowest BCUT2D eigenvalue weighted by molar-refractivity contribution is -0.120. The molecule has 2 fully saturated rings. The number of amides is 1. The standard InChI is InChI=1S/C24H30FN3O3S/c25-22-7-3-4-8-23(22)27-17-13-19(14-18-27)24(29)26-20-9-11-21(12-10-20)32(30,31)28-15-5-1-2-6-16-28/h3-4,7-12,19H,1-2,5-6,13-18H2,(H,26,29). The maximum absolute atomic E-state index is 14.0. The lowest BCUT2D eigenvalue weighted by Gasteiger charge is -2.33. The second kappa shape index (κ2) is 10.0. The molecular formula is C24H30FN3O3S. The molecule has 0 bridgehead atoms. The summed E-state index contributed by atoms with van der Waals surface area (Å²) >= 11 is 0. The number of nitrogens with one attached hydrogen (secondary N) is 1. The van der Waals surface area contributed by atoms with Crippen LogP contribution in [0.1, 0.15) is 38.5 Å². The van der Waals surface area contributed by atoms with Gasteiger partial charge in [-0.1, -0.05) is 25.0 Å². The molecule has 0 unspecified atom stereocenters. The van der Waals surface area contributed by atoms with Crippen molar-refractivity contribution < 1.29 is 17.6 Å². The molecule has 2 saturated heterocycles. The highest BCUT2D eigenvalue weighted by Gasteiger charge is 2.27. The van der Waals surface area contributed by atoms with Gasteiger partial charge in [-0.25, -0.2) is 12.8 Å². The van der Waals surface area contributed by atoms with E-state index in [2.05, 4.69) is 5.32 Å². The second-order valence-corrected chi connectivity index (χ2v) is 10.5. The Bertz CT molecular complexity index is 1030. The summed E-state index contributed by atoms with van der Waals surface area (Å²) in [5.74, 6) is -0.481. The van der Waals surface area contributed by atoms with Crippen molar-refractivity contribution in [1.29, 1.82) is 0 Å². The minimum Gasteiger partial charge on any atom is -0.369 e. The molecule has 0 atom stereocenters. The van der Waals surface area contributed by atoms with Crippen LogP contribution in [0.25, 0.3) is 0 Å². The lowest BCUT2D eigenvalue weighted by atomic mass is 9.95. The predicted octanol–water partition coefficient (Wildman–Crippen LogP) is 4.25. The molecule has 1 amide bonds. The molecule has 1 N–H and O–H groups in total. The number of benzene rings is 2. The fourth-order valence-corrected chi connectivity index (χ4v) is 5.99. The zero-order valence-electron chi connectivity index (χ0n) is 18.2. The molecule has 6 nitrogen and oxygen atoms in total. The van der Waals surface area contributed by atoms with Gasteiger partial charge in [-0.2, -0.15) is 4.31 Å². The van der Waals surface area contributed by atoms with Gasteiger partial charge in [0, 0.05) is 37.8 Å². The number of sulfonamides is 1. The largest absolute Gasteiger partial charge is 0.369 e. The van der Waals surface area contributed by atoms with Crippen molar-refractivity contribution >= 4 is 27.3 Å². The van der Waals surface area contributed by atoms with Crippen LogP contribution in [0.5, 0.6) is 0 Å². The Morgan fingerprint density at radius 1 is 0.875 bits per heavy atom. The number of carbonyl (C=O) groups is 1. The molecule has 0 aromatic heterocycles. The number of rotatable bonds is 5. The molecule has 4 rings (SSSR count). The molecular weight excluding hydrogens is 429 g/mol. The highest BCUT2D eigenvalue weighted by molar-refractivity contribution is 7.89. The Kier molecular flexibility index (Phi) is 7.10. The predicted molar refractivity (Wildman–Crippen MR) is 124 cm³/mol. The maximum atomic E-state index is 14.0. The van der Waals surface area contributed by atoms with Gasteiger partial charge in [0.25, 0.3) is 0 Å². The average molecular weight is 460 g/mol. The Morgan fingerprint density at radius 3 is 2.12 bits per heavy atom. The van der Waals surface area contributed by atoms with Crippen molar-refractivity contribution in [2.75, 3.05) is 36.4 Å². The van der Waals surface area contributed by atoms with Crippen LogP contribution in [-0.2, 0) is 14.8 Å². The van der Waals surface area contributed by atoms with E-state index in [9.17, 15) is 17.6 Å². The molecule has 2 aromatic rings. The Balaban J connectivity index is 1.34. The van der Waals surface area contributed by atoms with E-state index in [1.807, 2.05) is 11.0 Å². The van der Waals surface area contributed by atoms with Crippen LogP contribution in [0, 0.1) is 11.7 Å². The van der Waals surface area contributed by atoms with E-state index in [-0.39, 0.29) is 22.5 Å². The summed E-state index contributed by atoms with van der Waals surface area (Å²) in [7, 11) is -3.50. The smallest absolute Gasteiger partial charge is 0.243 e. The number of anilines is 2. The van der Waals surface area contributed by atoms with Gasteiger partial charge in [0.15, 0.2) is 0 Å². The number of para-hydroxylation sites is 1. The van der Waals surface area contributed by atoms with Crippen LogP contribution in [0.4, 0.5) is 15.8 Å². The molecule has 8 heteroatoms. The van der Waals surface area contributed by atoms with Crippen LogP contribution >= 0.6 is 0 Å². The minimum absolute atomic E-state index is 0.0821. The number of piperidine rings is 1. The molecule has 0 radical (unpaired) electrons. The van der Waals surface area contributed by atoms with Crippen molar-refractivity contribution in [3.05, 3.63) is 54.3 Å². The topological polar surface area (TPSA) is 69.7 Å². The summed E-state index contributed by atoms with van der Waals surface area (Å²) in [4.78, 5) is 14.9. The van der Waals surface area contributed by atoms with E-state index in [1.54, 1.807) is 40.7 Å². The zero-order valence-corrected chi connectivity index (χ0v) is 19.0. The number of halogens is 1. The third-order valence-electron chi connectivity index (χ3n) is 6.38. The van der Waals surface area contributed by atoms with Crippen LogP contribution < -0.4 is 10.2 Å². The monoisotopic (exact) mass is 459 g/mol. The molecule has 0 aliphatic carbocycles. The summed E-state index contributed by atoms with van der Waals surface area (Å²) in [5.41, 5.74) is 1.16. The molecule has 0 spiro atoms. The summed E-state index contributed by atoms with van der Waals surface area (Å²) in [6.07, 6.45) is 5.20. The van der Waals surface area contributed by atoms with Gasteiger partial charge in [-0.05, 0) is 62.1 Å². The first-order chi connectivity index (χ1) is 15.4. The molecule has 172 valence electrons. The molecule has 2 aliphatic rings.